The Morgan fingerprint density at radius 3 is 2.57 bits per heavy atom. The van der Waals surface area contributed by atoms with Gasteiger partial charge in [-0.1, -0.05) is 35.3 Å². The highest BCUT2D eigenvalue weighted by molar-refractivity contribution is 6.42. The quantitative estimate of drug-likeness (QED) is 0.683. The third-order valence-electron chi connectivity index (χ3n) is 5.03. The minimum atomic E-state index is -0.284. The second-order valence-electron chi connectivity index (χ2n) is 7.00. The fourth-order valence-corrected chi connectivity index (χ4v) is 3.77. The van der Waals surface area contributed by atoms with E-state index in [1.807, 2.05) is 29.2 Å². The van der Waals surface area contributed by atoms with Crippen LogP contribution in [-0.4, -0.2) is 35.3 Å². The Hall–Kier alpha value is -1.95. The van der Waals surface area contributed by atoms with Crippen molar-refractivity contribution in [2.75, 3.05) is 12.4 Å². The number of carbonyl (C=O) groups is 1. The molecular formula is C21H24Cl2N2O3. The topological polar surface area (TPSA) is 61.8 Å². The maximum atomic E-state index is 13.1. The molecule has 7 heteroatoms. The summed E-state index contributed by atoms with van der Waals surface area (Å²) >= 11 is 12.0. The van der Waals surface area contributed by atoms with Gasteiger partial charge in [-0.15, -0.1) is 0 Å². The van der Waals surface area contributed by atoms with Crippen molar-refractivity contribution in [3.63, 3.8) is 0 Å². The number of hydrogen-bond donors (Lipinski definition) is 2. The number of urea groups is 1. The molecule has 5 nitrogen and oxygen atoms in total. The lowest BCUT2D eigenvalue weighted by Gasteiger charge is -2.36. The molecule has 3 rings (SSSR count). The van der Waals surface area contributed by atoms with Crippen molar-refractivity contribution in [2.24, 2.45) is 0 Å². The van der Waals surface area contributed by atoms with Crippen molar-refractivity contribution >= 4 is 34.9 Å². The molecule has 1 aliphatic rings. The normalized spacial score (nSPS) is 19.1. The summed E-state index contributed by atoms with van der Waals surface area (Å²) < 4.78 is 5.30. The van der Waals surface area contributed by atoms with Crippen LogP contribution in [0, 0.1) is 0 Å². The number of halogens is 2. The third-order valence-corrected chi connectivity index (χ3v) is 5.76. The van der Waals surface area contributed by atoms with E-state index in [-0.39, 0.29) is 18.2 Å². The summed E-state index contributed by atoms with van der Waals surface area (Å²) in [5, 5.41) is 13.6. The Bertz CT molecular complexity index is 823. The molecule has 1 fully saturated rings. The maximum Gasteiger partial charge on any atom is 0.322 e. The van der Waals surface area contributed by atoms with Crippen molar-refractivity contribution in [2.45, 2.75) is 44.4 Å². The van der Waals surface area contributed by atoms with Gasteiger partial charge in [-0.2, -0.15) is 0 Å². The van der Waals surface area contributed by atoms with Gasteiger partial charge in [-0.25, -0.2) is 4.79 Å². The molecule has 0 heterocycles. The average Bonchev–Trinajstić information content (AvgIpc) is 2.70. The second kappa shape index (κ2) is 9.50. The molecule has 2 N–H and O–H groups in total. The fraction of sp³-hybridized carbons (Fsp3) is 0.381. The average molecular weight is 423 g/mol. The molecule has 0 atom stereocenters. The summed E-state index contributed by atoms with van der Waals surface area (Å²) in [5.41, 5.74) is 1.57. The van der Waals surface area contributed by atoms with Crippen LogP contribution in [-0.2, 0) is 6.54 Å². The Morgan fingerprint density at radius 1 is 1.14 bits per heavy atom. The van der Waals surface area contributed by atoms with Gasteiger partial charge in [0.05, 0.1) is 23.3 Å². The number of aliphatic hydroxyl groups is 1. The van der Waals surface area contributed by atoms with Crippen molar-refractivity contribution in [3.8, 4) is 5.75 Å². The van der Waals surface area contributed by atoms with Crippen LogP contribution in [0.25, 0.3) is 0 Å². The number of methoxy groups -OCH3 is 1. The molecule has 2 aromatic rings. The molecule has 1 aliphatic carbocycles. The molecule has 2 amide bonds. The molecule has 0 saturated heterocycles. The molecule has 2 aromatic carbocycles. The Balaban J connectivity index is 1.79. The molecule has 0 aliphatic heterocycles. The van der Waals surface area contributed by atoms with E-state index in [0.717, 1.165) is 24.2 Å². The largest absolute Gasteiger partial charge is 0.497 e. The number of hydrogen-bond acceptors (Lipinski definition) is 3. The third kappa shape index (κ3) is 5.31. The molecule has 28 heavy (non-hydrogen) atoms. The predicted octanol–water partition coefficient (Wildman–Crippen LogP) is 5.34. The van der Waals surface area contributed by atoms with Crippen LogP contribution in [0.5, 0.6) is 5.75 Å². The van der Waals surface area contributed by atoms with Crippen LogP contribution < -0.4 is 10.1 Å². The van der Waals surface area contributed by atoms with E-state index in [9.17, 15) is 9.90 Å². The van der Waals surface area contributed by atoms with Gasteiger partial charge in [0.15, 0.2) is 0 Å². The van der Waals surface area contributed by atoms with E-state index in [1.165, 1.54) is 0 Å². The number of carbonyl (C=O) groups excluding carboxylic acids is 1. The lowest BCUT2D eigenvalue weighted by atomic mass is 9.92. The van der Waals surface area contributed by atoms with Gasteiger partial charge in [0.2, 0.25) is 0 Å². The van der Waals surface area contributed by atoms with Crippen LogP contribution in [0.4, 0.5) is 10.5 Å². The predicted molar refractivity (Wildman–Crippen MR) is 112 cm³/mol. The first-order valence-electron chi connectivity index (χ1n) is 9.30. The zero-order chi connectivity index (χ0) is 20.1. The number of amides is 2. The smallest absolute Gasteiger partial charge is 0.322 e. The summed E-state index contributed by atoms with van der Waals surface area (Å²) in [6.45, 7) is 0.450. The number of anilines is 1. The summed E-state index contributed by atoms with van der Waals surface area (Å²) in [4.78, 5) is 14.9. The van der Waals surface area contributed by atoms with E-state index in [2.05, 4.69) is 5.32 Å². The van der Waals surface area contributed by atoms with E-state index in [0.29, 0.717) is 35.1 Å². The highest BCUT2D eigenvalue weighted by Crippen LogP contribution is 2.28. The van der Waals surface area contributed by atoms with E-state index in [4.69, 9.17) is 27.9 Å². The minimum Gasteiger partial charge on any atom is -0.497 e. The molecule has 150 valence electrons. The molecule has 0 aromatic heterocycles. The van der Waals surface area contributed by atoms with Crippen LogP contribution in [0.2, 0.25) is 10.0 Å². The summed E-state index contributed by atoms with van der Waals surface area (Å²) in [5.74, 6) is 0.751. The summed E-state index contributed by atoms with van der Waals surface area (Å²) in [6, 6.07) is 12.5. The van der Waals surface area contributed by atoms with Crippen LogP contribution in [0.15, 0.2) is 42.5 Å². The van der Waals surface area contributed by atoms with Gasteiger partial charge in [-0.05, 0) is 61.6 Å². The van der Waals surface area contributed by atoms with Gasteiger partial charge in [0.25, 0.3) is 0 Å². The van der Waals surface area contributed by atoms with E-state index < -0.39 is 0 Å². The molecule has 1 saturated carbocycles. The number of ether oxygens (including phenoxy) is 1. The van der Waals surface area contributed by atoms with E-state index >= 15 is 0 Å². The lowest BCUT2D eigenvalue weighted by Crippen LogP contribution is -2.44. The van der Waals surface area contributed by atoms with E-state index in [1.54, 1.807) is 25.3 Å². The zero-order valence-corrected chi connectivity index (χ0v) is 17.2. The number of benzene rings is 2. The Morgan fingerprint density at radius 2 is 1.89 bits per heavy atom. The Kier molecular flexibility index (Phi) is 7.05. The number of aliphatic hydroxyl groups excluding tert-OH is 1. The molecule has 0 unspecified atom stereocenters. The standard InChI is InChI=1S/C21H24Cl2N2O3/c1-28-18-4-2-3-14(11-18)13-25(16-6-8-17(26)9-7-16)21(27)24-15-5-10-19(22)20(23)12-15/h2-5,10-12,16-17,26H,6-9,13H2,1H3,(H,24,27). The van der Waals surface area contributed by atoms with Gasteiger partial charge in [0.1, 0.15) is 5.75 Å². The lowest BCUT2D eigenvalue weighted by molar-refractivity contribution is 0.0849. The number of nitrogens with one attached hydrogen (secondary N) is 1. The maximum absolute atomic E-state index is 13.1. The first-order valence-corrected chi connectivity index (χ1v) is 10.1. The number of nitrogens with zero attached hydrogens (tertiary/aromatic N) is 1. The summed E-state index contributed by atoms with van der Waals surface area (Å²) in [6.07, 6.45) is 2.63. The van der Waals surface area contributed by atoms with Gasteiger partial charge in [-0.3, -0.25) is 0 Å². The van der Waals surface area contributed by atoms with Crippen molar-refractivity contribution < 1.29 is 14.6 Å². The second-order valence-corrected chi connectivity index (χ2v) is 7.82. The number of rotatable bonds is 5. The van der Waals surface area contributed by atoms with Crippen LogP contribution >= 0.6 is 23.2 Å². The van der Waals surface area contributed by atoms with Crippen molar-refractivity contribution in [3.05, 3.63) is 58.1 Å². The minimum absolute atomic E-state index is 0.0531. The molecule has 0 spiro atoms. The molecule has 0 radical (unpaired) electrons. The Labute approximate surface area is 175 Å². The van der Waals surface area contributed by atoms with Gasteiger partial charge in [0, 0.05) is 18.3 Å². The molecular weight excluding hydrogens is 399 g/mol. The highest BCUT2D eigenvalue weighted by atomic mass is 35.5. The first-order chi connectivity index (χ1) is 13.5. The zero-order valence-electron chi connectivity index (χ0n) is 15.7. The van der Waals surface area contributed by atoms with Gasteiger partial charge < -0.3 is 20.1 Å². The van der Waals surface area contributed by atoms with Gasteiger partial charge >= 0.3 is 6.03 Å². The summed E-state index contributed by atoms with van der Waals surface area (Å²) in [7, 11) is 1.62. The SMILES string of the molecule is COc1cccc(CN(C(=O)Nc2ccc(Cl)c(Cl)c2)C2CCC(O)CC2)c1. The fourth-order valence-electron chi connectivity index (χ4n) is 3.47. The van der Waals surface area contributed by atoms with Crippen LogP contribution in [0.1, 0.15) is 31.2 Å². The first kappa shape index (κ1) is 20.8. The van der Waals surface area contributed by atoms with Crippen molar-refractivity contribution in [1.82, 2.24) is 4.90 Å². The molecule has 0 bridgehead atoms. The van der Waals surface area contributed by atoms with Crippen molar-refractivity contribution in [1.29, 1.82) is 0 Å². The van der Waals surface area contributed by atoms with Crippen LogP contribution in [0.3, 0.4) is 0 Å². The highest BCUT2D eigenvalue weighted by Gasteiger charge is 2.28. The monoisotopic (exact) mass is 422 g/mol.